The third kappa shape index (κ3) is 45.2. The molecule has 0 aliphatic heterocycles. The highest BCUT2D eigenvalue weighted by Gasteiger charge is 2.27. The van der Waals surface area contributed by atoms with Crippen molar-refractivity contribution >= 4 is 19.8 Å². The molecule has 0 heterocycles. The van der Waals surface area contributed by atoms with Gasteiger partial charge in [-0.3, -0.25) is 18.6 Å². The minimum atomic E-state index is -4.39. The second-order valence-corrected chi connectivity index (χ2v) is 18.6. The monoisotopic (exact) mass is 865 g/mol. The summed E-state index contributed by atoms with van der Waals surface area (Å²) in [6.07, 6.45) is 51.4. The standard InChI is InChI=1S/C50H90NO8P/c1-6-8-10-12-14-16-18-20-22-23-24-25-26-27-29-30-32-34-36-38-40-42-49(52)56-46-48(47-58-60(54,55)57-45-44-51(3,4)5)59-50(53)43-41-39-37-35-33-31-28-21-19-17-15-13-11-9-7-2/h9,11,15,17,20-22,28,33,35,48H,6-8,10,12-14,16,18-19,23-27,29-32,34,36-47H2,1-5H3/p+1/b11-9+,17-15+,22-20+,28-21+,35-33+/t48-/m0/s1. The highest BCUT2D eigenvalue weighted by molar-refractivity contribution is 7.47. The number of unbranched alkanes of at least 4 members (excludes halogenated alkanes) is 19. The number of likely N-dealkylation sites (N-methyl/N-ethyl adjacent to an activating group) is 1. The summed E-state index contributed by atoms with van der Waals surface area (Å²) in [5.41, 5.74) is 0. The van der Waals surface area contributed by atoms with Gasteiger partial charge in [-0.05, 0) is 77.0 Å². The molecule has 60 heavy (non-hydrogen) atoms. The van der Waals surface area contributed by atoms with Gasteiger partial charge in [-0.15, -0.1) is 0 Å². The van der Waals surface area contributed by atoms with E-state index in [-0.39, 0.29) is 32.0 Å². The molecule has 0 aliphatic carbocycles. The molecule has 0 fully saturated rings. The van der Waals surface area contributed by atoms with Crippen LogP contribution in [0.25, 0.3) is 0 Å². The summed E-state index contributed by atoms with van der Waals surface area (Å²) in [5, 5.41) is 0. The van der Waals surface area contributed by atoms with E-state index in [1.165, 1.54) is 103 Å². The van der Waals surface area contributed by atoms with Gasteiger partial charge in [0.25, 0.3) is 0 Å². The summed E-state index contributed by atoms with van der Waals surface area (Å²) in [6.45, 7) is 4.26. The Balaban J connectivity index is 4.31. The number of quaternary nitrogens is 1. The molecule has 2 atom stereocenters. The van der Waals surface area contributed by atoms with Crippen LogP contribution in [0.15, 0.2) is 60.8 Å². The Morgan fingerprint density at radius 3 is 1.47 bits per heavy atom. The van der Waals surface area contributed by atoms with Crippen molar-refractivity contribution in [2.45, 2.75) is 200 Å². The Kier molecular flexibility index (Phi) is 40.4. The van der Waals surface area contributed by atoms with Crippen LogP contribution < -0.4 is 0 Å². The summed E-state index contributed by atoms with van der Waals surface area (Å²) < 4.78 is 34.3. The largest absolute Gasteiger partial charge is 0.472 e. The molecule has 0 aromatic carbocycles. The lowest BCUT2D eigenvalue weighted by atomic mass is 10.0. The zero-order valence-electron chi connectivity index (χ0n) is 39.2. The van der Waals surface area contributed by atoms with Gasteiger partial charge in [-0.1, -0.05) is 164 Å². The summed E-state index contributed by atoms with van der Waals surface area (Å²) in [7, 11) is 1.44. The van der Waals surface area contributed by atoms with E-state index < -0.39 is 26.5 Å². The predicted molar refractivity (Wildman–Crippen MR) is 252 cm³/mol. The summed E-state index contributed by atoms with van der Waals surface area (Å²) in [6, 6.07) is 0. The van der Waals surface area contributed by atoms with Gasteiger partial charge in [-0.25, -0.2) is 4.57 Å². The van der Waals surface area contributed by atoms with Crippen LogP contribution in [0, 0.1) is 0 Å². The normalized spacial score (nSPS) is 14.0. The molecule has 0 saturated carbocycles. The van der Waals surface area contributed by atoms with Crippen LogP contribution in [-0.2, 0) is 32.7 Å². The lowest BCUT2D eigenvalue weighted by Gasteiger charge is -2.24. The van der Waals surface area contributed by atoms with E-state index in [1.54, 1.807) is 0 Å². The third-order valence-corrected chi connectivity index (χ3v) is 11.0. The van der Waals surface area contributed by atoms with Crippen molar-refractivity contribution in [3.05, 3.63) is 60.8 Å². The van der Waals surface area contributed by atoms with E-state index in [9.17, 15) is 19.0 Å². The van der Waals surface area contributed by atoms with Crippen LogP contribution in [0.4, 0.5) is 0 Å². The van der Waals surface area contributed by atoms with Crippen molar-refractivity contribution in [3.63, 3.8) is 0 Å². The fraction of sp³-hybridized carbons (Fsp3) is 0.760. The lowest BCUT2D eigenvalue weighted by molar-refractivity contribution is -0.870. The molecular formula is C50H91NO8P+. The predicted octanol–water partition coefficient (Wildman–Crippen LogP) is 14.0. The van der Waals surface area contributed by atoms with E-state index in [4.69, 9.17) is 18.5 Å². The molecule has 0 bridgehead atoms. The molecule has 1 unspecified atom stereocenters. The first-order valence-electron chi connectivity index (χ1n) is 24.0. The van der Waals surface area contributed by atoms with Crippen LogP contribution in [-0.4, -0.2) is 74.9 Å². The Labute approximate surface area is 368 Å². The molecule has 9 nitrogen and oxygen atoms in total. The van der Waals surface area contributed by atoms with Gasteiger partial charge in [0.2, 0.25) is 0 Å². The maximum Gasteiger partial charge on any atom is 0.472 e. The SMILES string of the molecule is CC/C=C/C/C=C/C/C=C/C/C=C/CCCCC(=O)O[C@@H](COC(=O)CCCCCCCCCCCCC/C=C/CCCCCCCC)COP(=O)(O)OCC[N+](C)(C)C. The first kappa shape index (κ1) is 57.7. The van der Waals surface area contributed by atoms with Gasteiger partial charge < -0.3 is 18.9 Å². The first-order chi connectivity index (χ1) is 29.0. The molecule has 0 aromatic rings. The minimum absolute atomic E-state index is 0.0215. The molecule has 0 saturated heterocycles. The number of allylic oxidation sites excluding steroid dienone is 10. The molecule has 348 valence electrons. The van der Waals surface area contributed by atoms with Gasteiger partial charge >= 0.3 is 19.8 Å². The molecule has 0 rings (SSSR count). The molecule has 10 heteroatoms. The Bertz CT molecular complexity index is 1210. The van der Waals surface area contributed by atoms with Crippen LogP contribution in [0.2, 0.25) is 0 Å². The van der Waals surface area contributed by atoms with Crippen LogP contribution in [0.3, 0.4) is 0 Å². The van der Waals surface area contributed by atoms with Crippen LogP contribution in [0.1, 0.15) is 194 Å². The Morgan fingerprint density at radius 2 is 0.950 bits per heavy atom. The number of carbonyl (C=O) groups is 2. The average molecular weight is 865 g/mol. The van der Waals surface area contributed by atoms with E-state index in [1.807, 2.05) is 21.1 Å². The lowest BCUT2D eigenvalue weighted by Crippen LogP contribution is -2.37. The van der Waals surface area contributed by atoms with Gasteiger partial charge in [0.15, 0.2) is 6.10 Å². The summed E-state index contributed by atoms with van der Waals surface area (Å²) in [5.74, 6) is -0.848. The molecule has 0 radical (unpaired) electrons. The van der Waals surface area contributed by atoms with Crippen LogP contribution >= 0.6 is 7.82 Å². The number of phosphoric acid groups is 1. The number of ether oxygens (including phenoxy) is 2. The maximum absolute atomic E-state index is 12.7. The van der Waals surface area contributed by atoms with Gasteiger partial charge in [-0.2, -0.15) is 0 Å². The molecule has 0 aliphatic rings. The number of esters is 2. The Hall–Kier alpha value is -2.29. The van der Waals surface area contributed by atoms with E-state index in [2.05, 4.69) is 74.6 Å². The number of nitrogens with zero attached hydrogens (tertiary/aromatic N) is 1. The van der Waals surface area contributed by atoms with Crippen molar-refractivity contribution in [3.8, 4) is 0 Å². The van der Waals surface area contributed by atoms with Crippen molar-refractivity contribution in [2.24, 2.45) is 0 Å². The molecular weight excluding hydrogens is 774 g/mol. The maximum atomic E-state index is 12.7. The minimum Gasteiger partial charge on any atom is -0.462 e. The summed E-state index contributed by atoms with van der Waals surface area (Å²) in [4.78, 5) is 35.4. The van der Waals surface area contributed by atoms with Crippen LogP contribution in [0.5, 0.6) is 0 Å². The number of hydrogen-bond acceptors (Lipinski definition) is 7. The van der Waals surface area contributed by atoms with E-state index in [0.29, 0.717) is 17.4 Å². The van der Waals surface area contributed by atoms with E-state index in [0.717, 1.165) is 57.8 Å². The van der Waals surface area contributed by atoms with Crippen molar-refractivity contribution in [1.82, 2.24) is 0 Å². The topological polar surface area (TPSA) is 108 Å². The number of phosphoric ester groups is 1. The summed E-state index contributed by atoms with van der Waals surface area (Å²) >= 11 is 0. The van der Waals surface area contributed by atoms with Crippen molar-refractivity contribution in [1.29, 1.82) is 0 Å². The first-order valence-corrected chi connectivity index (χ1v) is 25.5. The van der Waals surface area contributed by atoms with Crippen molar-refractivity contribution in [2.75, 3.05) is 47.5 Å². The second-order valence-electron chi connectivity index (χ2n) is 17.1. The Morgan fingerprint density at radius 1 is 0.533 bits per heavy atom. The highest BCUT2D eigenvalue weighted by Crippen LogP contribution is 2.43. The van der Waals surface area contributed by atoms with Crippen molar-refractivity contribution < 1.29 is 42.1 Å². The fourth-order valence-electron chi connectivity index (χ4n) is 6.29. The fourth-order valence-corrected chi connectivity index (χ4v) is 7.04. The average Bonchev–Trinajstić information content (AvgIpc) is 3.20. The van der Waals surface area contributed by atoms with Gasteiger partial charge in [0.1, 0.15) is 19.8 Å². The smallest absolute Gasteiger partial charge is 0.462 e. The zero-order chi connectivity index (χ0) is 44.3. The number of hydrogen-bond donors (Lipinski definition) is 1. The molecule has 0 aromatic heterocycles. The highest BCUT2D eigenvalue weighted by atomic mass is 31.2. The van der Waals surface area contributed by atoms with Gasteiger partial charge in [0, 0.05) is 12.8 Å². The molecule has 1 N–H and O–H groups in total. The third-order valence-electron chi connectivity index (χ3n) is 10.0. The second kappa shape index (κ2) is 42.0. The van der Waals surface area contributed by atoms with E-state index >= 15 is 0 Å². The molecule has 0 spiro atoms. The molecule has 0 amide bonds. The number of rotatable bonds is 43. The van der Waals surface area contributed by atoms with Gasteiger partial charge in [0.05, 0.1) is 27.7 Å². The number of carbonyl (C=O) groups excluding carboxylic acids is 2. The quantitative estimate of drug-likeness (QED) is 0.0212. The zero-order valence-corrected chi connectivity index (χ0v) is 40.1.